The quantitative estimate of drug-likeness (QED) is 0.413. The molecule has 0 amide bonds. The standard InChI is InChI=1S/C12H15FO4/c1-10(2)11(6-13)4-5-12(10,9(16)17-3)8(15)7(11)14/h4-6H2,1-3H3/t11-,12-/m1/s1. The molecular weight excluding hydrogens is 227 g/mol. The fourth-order valence-electron chi connectivity index (χ4n) is 3.56. The maximum atomic E-state index is 13.3. The van der Waals surface area contributed by atoms with Gasteiger partial charge < -0.3 is 4.74 Å². The molecule has 2 atom stereocenters. The first-order valence-electron chi connectivity index (χ1n) is 5.55. The molecule has 0 radical (unpaired) electrons. The van der Waals surface area contributed by atoms with Gasteiger partial charge in [-0.25, -0.2) is 4.39 Å². The van der Waals surface area contributed by atoms with Crippen LogP contribution < -0.4 is 0 Å². The van der Waals surface area contributed by atoms with Crippen molar-refractivity contribution in [1.29, 1.82) is 0 Å². The van der Waals surface area contributed by atoms with Crippen LogP contribution in [0.1, 0.15) is 26.7 Å². The second-order valence-corrected chi connectivity index (χ2v) is 5.40. The van der Waals surface area contributed by atoms with Crippen LogP contribution in [-0.4, -0.2) is 31.3 Å². The molecule has 5 heteroatoms. The summed E-state index contributed by atoms with van der Waals surface area (Å²) in [6, 6.07) is 0. The second-order valence-electron chi connectivity index (χ2n) is 5.40. The minimum absolute atomic E-state index is 0.196. The van der Waals surface area contributed by atoms with Crippen molar-refractivity contribution in [3.8, 4) is 0 Å². The Morgan fingerprint density at radius 2 is 1.88 bits per heavy atom. The zero-order chi connectivity index (χ0) is 13.1. The third-order valence-electron chi connectivity index (χ3n) is 4.98. The van der Waals surface area contributed by atoms with Gasteiger partial charge in [-0.2, -0.15) is 0 Å². The Hall–Kier alpha value is -1.26. The van der Waals surface area contributed by atoms with Gasteiger partial charge >= 0.3 is 5.97 Å². The minimum atomic E-state index is -1.48. The van der Waals surface area contributed by atoms with Gasteiger partial charge in [0.1, 0.15) is 12.1 Å². The zero-order valence-electron chi connectivity index (χ0n) is 10.1. The van der Waals surface area contributed by atoms with E-state index in [0.717, 1.165) is 0 Å². The summed E-state index contributed by atoms with van der Waals surface area (Å²) in [4.78, 5) is 35.9. The number of Topliss-reactive ketones (excluding diaryl/α,β-unsaturated/α-hetero) is 2. The highest BCUT2D eigenvalue weighted by atomic mass is 19.1. The molecule has 0 spiro atoms. The maximum Gasteiger partial charge on any atom is 0.320 e. The Balaban J connectivity index is 2.68. The van der Waals surface area contributed by atoms with E-state index in [2.05, 4.69) is 4.74 Å². The van der Waals surface area contributed by atoms with Crippen molar-refractivity contribution in [2.45, 2.75) is 26.7 Å². The number of carbonyl (C=O) groups is 3. The molecule has 0 aromatic heterocycles. The highest BCUT2D eigenvalue weighted by Gasteiger charge is 2.80. The van der Waals surface area contributed by atoms with E-state index in [9.17, 15) is 18.8 Å². The zero-order valence-corrected chi connectivity index (χ0v) is 10.1. The van der Waals surface area contributed by atoms with Gasteiger partial charge in [-0.3, -0.25) is 14.4 Å². The fraction of sp³-hybridized carbons (Fsp3) is 0.750. The van der Waals surface area contributed by atoms with Gasteiger partial charge in [-0.1, -0.05) is 13.8 Å². The number of ether oxygens (including phenoxy) is 1. The Morgan fingerprint density at radius 3 is 2.29 bits per heavy atom. The van der Waals surface area contributed by atoms with E-state index in [1.165, 1.54) is 7.11 Å². The normalized spacial score (nSPS) is 38.6. The Kier molecular flexibility index (Phi) is 2.26. The van der Waals surface area contributed by atoms with E-state index in [-0.39, 0.29) is 12.8 Å². The van der Waals surface area contributed by atoms with Crippen LogP contribution in [-0.2, 0) is 19.1 Å². The molecule has 0 unspecified atom stereocenters. The van der Waals surface area contributed by atoms with Crippen molar-refractivity contribution in [3.63, 3.8) is 0 Å². The lowest BCUT2D eigenvalue weighted by Gasteiger charge is -2.36. The predicted molar refractivity (Wildman–Crippen MR) is 55.9 cm³/mol. The van der Waals surface area contributed by atoms with Crippen LogP contribution in [0.4, 0.5) is 4.39 Å². The van der Waals surface area contributed by atoms with E-state index < -0.39 is 40.5 Å². The summed E-state index contributed by atoms with van der Waals surface area (Å²) in [5, 5.41) is 0. The number of carbonyl (C=O) groups excluding carboxylic acids is 3. The summed E-state index contributed by atoms with van der Waals surface area (Å²) in [6.07, 6.45) is 0.428. The Bertz CT molecular complexity index is 428. The first-order valence-corrected chi connectivity index (χ1v) is 5.55. The SMILES string of the molecule is COC(=O)[C@@]12CC[C@@](CF)(C(=O)C1=O)C2(C)C. The molecule has 0 heterocycles. The highest BCUT2D eigenvalue weighted by molar-refractivity contribution is 6.48. The van der Waals surface area contributed by atoms with E-state index in [4.69, 9.17) is 0 Å². The van der Waals surface area contributed by atoms with Crippen LogP contribution in [0.3, 0.4) is 0 Å². The lowest BCUT2D eigenvalue weighted by atomic mass is 9.64. The lowest BCUT2D eigenvalue weighted by Crippen LogP contribution is -2.45. The van der Waals surface area contributed by atoms with Gasteiger partial charge in [0.05, 0.1) is 12.5 Å². The summed E-state index contributed by atoms with van der Waals surface area (Å²) in [7, 11) is 1.18. The van der Waals surface area contributed by atoms with Gasteiger partial charge in [-0.15, -0.1) is 0 Å². The summed E-state index contributed by atoms with van der Waals surface area (Å²) < 4.78 is 18.0. The molecule has 2 saturated carbocycles. The summed E-state index contributed by atoms with van der Waals surface area (Å²) in [6.45, 7) is 2.32. The van der Waals surface area contributed by atoms with Gasteiger partial charge in [0.15, 0.2) is 0 Å². The molecule has 17 heavy (non-hydrogen) atoms. The van der Waals surface area contributed by atoms with Crippen molar-refractivity contribution in [3.05, 3.63) is 0 Å². The van der Waals surface area contributed by atoms with Gasteiger partial charge in [-0.05, 0) is 12.8 Å². The number of hydrogen-bond acceptors (Lipinski definition) is 4. The third-order valence-corrected chi connectivity index (χ3v) is 4.98. The number of alkyl halides is 1. The molecule has 0 aromatic carbocycles. The molecule has 0 saturated heterocycles. The molecule has 2 bridgehead atoms. The molecule has 0 aromatic rings. The average molecular weight is 242 g/mol. The van der Waals surface area contributed by atoms with Crippen LogP contribution in [0, 0.1) is 16.2 Å². The number of halogens is 1. The van der Waals surface area contributed by atoms with E-state index in [0.29, 0.717) is 0 Å². The van der Waals surface area contributed by atoms with E-state index in [1.54, 1.807) is 13.8 Å². The lowest BCUT2D eigenvalue weighted by molar-refractivity contribution is -0.163. The van der Waals surface area contributed by atoms with Crippen LogP contribution >= 0.6 is 0 Å². The number of methoxy groups -OCH3 is 1. The fourth-order valence-corrected chi connectivity index (χ4v) is 3.56. The van der Waals surface area contributed by atoms with Gasteiger partial charge in [0.2, 0.25) is 11.6 Å². The molecule has 4 nitrogen and oxygen atoms in total. The maximum absolute atomic E-state index is 13.3. The molecule has 2 rings (SSSR count). The smallest absolute Gasteiger partial charge is 0.320 e. The third kappa shape index (κ3) is 0.929. The first kappa shape index (κ1) is 12.2. The summed E-state index contributed by atoms with van der Waals surface area (Å²) >= 11 is 0. The van der Waals surface area contributed by atoms with Gasteiger partial charge in [0, 0.05) is 5.41 Å². The van der Waals surface area contributed by atoms with E-state index in [1.807, 2.05) is 0 Å². The average Bonchev–Trinajstić information content (AvgIpc) is 2.61. The molecular formula is C12H15FO4. The number of fused-ring (bicyclic) bond motifs is 2. The first-order chi connectivity index (χ1) is 7.81. The molecule has 2 fully saturated rings. The molecule has 0 N–H and O–H groups in total. The minimum Gasteiger partial charge on any atom is -0.468 e. The number of esters is 1. The topological polar surface area (TPSA) is 60.4 Å². The molecule has 94 valence electrons. The van der Waals surface area contributed by atoms with Crippen molar-refractivity contribution in [2.75, 3.05) is 13.8 Å². The van der Waals surface area contributed by atoms with E-state index >= 15 is 0 Å². The van der Waals surface area contributed by atoms with Crippen LogP contribution in [0.15, 0.2) is 0 Å². The predicted octanol–water partition coefficient (Wildman–Crippen LogP) is 1.07. The van der Waals surface area contributed by atoms with Crippen LogP contribution in [0.25, 0.3) is 0 Å². The summed E-state index contributed by atoms with van der Waals surface area (Å²) in [5.74, 6) is -2.24. The van der Waals surface area contributed by atoms with Crippen molar-refractivity contribution in [1.82, 2.24) is 0 Å². The van der Waals surface area contributed by atoms with Crippen molar-refractivity contribution in [2.24, 2.45) is 16.2 Å². The molecule has 0 aliphatic heterocycles. The van der Waals surface area contributed by atoms with Crippen molar-refractivity contribution >= 4 is 17.5 Å². The van der Waals surface area contributed by atoms with Gasteiger partial charge in [0.25, 0.3) is 0 Å². The number of ketones is 2. The van der Waals surface area contributed by atoms with Crippen LogP contribution in [0.5, 0.6) is 0 Å². The monoisotopic (exact) mass is 242 g/mol. The summed E-state index contributed by atoms with van der Waals surface area (Å²) in [5.41, 5.74) is -3.83. The second kappa shape index (κ2) is 3.15. The number of rotatable bonds is 2. The van der Waals surface area contributed by atoms with Crippen LogP contribution in [0.2, 0.25) is 0 Å². The highest BCUT2D eigenvalue weighted by Crippen LogP contribution is 2.69. The Morgan fingerprint density at radius 1 is 1.29 bits per heavy atom. The largest absolute Gasteiger partial charge is 0.468 e. The number of hydrogen-bond donors (Lipinski definition) is 0. The van der Waals surface area contributed by atoms with Crippen molar-refractivity contribution < 1.29 is 23.5 Å². The Labute approximate surface area is 98.5 Å². The molecule has 2 aliphatic carbocycles. The molecule has 2 aliphatic rings.